The highest BCUT2D eigenvalue weighted by molar-refractivity contribution is 8.01. The van der Waals surface area contributed by atoms with Gasteiger partial charge in [-0.2, -0.15) is 0 Å². The van der Waals surface area contributed by atoms with Crippen LogP contribution in [0.4, 0.5) is 0 Å². The Labute approximate surface area is 85.0 Å². The van der Waals surface area contributed by atoms with Gasteiger partial charge in [0.25, 0.3) is 0 Å². The van der Waals surface area contributed by atoms with Gasteiger partial charge in [0.05, 0.1) is 0 Å². The summed E-state index contributed by atoms with van der Waals surface area (Å²) in [6.45, 7) is 2.23. The Kier molecular flexibility index (Phi) is 4.35. The van der Waals surface area contributed by atoms with E-state index in [1.165, 1.54) is 0 Å². The SMILES string of the molecule is CC(CO)CSc1nc(Cl)cs1. The summed E-state index contributed by atoms with van der Waals surface area (Å²) in [6.07, 6.45) is 0. The van der Waals surface area contributed by atoms with Gasteiger partial charge in [0, 0.05) is 17.7 Å². The molecule has 0 fully saturated rings. The van der Waals surface area contributed by atoms with Crippen LogP contribution in [0.5, 0.6) is 0 Å². The van der Waals surface area contributed by atoms with Gasteiger partial charge in [-0.15, -0.1) is 11.3 Å². The molecule has 1 heterocycles. The zero-order chi connectivity index (χ0) is 8.97. The normalized spacial score (nSPS) is 13.2. The van der Waals surface area contributed by atoms with Crippen LogP contribution in [0.15, 0.2) is 9.72 Å². The fraction of sp³-hybridized carbons (Fsp3) is 0.571. The molecule has 0 spiro atoms. The van der Waals surface area contributed by atoms with Crippen molar-refractivity contribution in [3.8, 4) is 0 Å². The second kappa shape index (κ2) is 5.07. The van der Waals surface area contributed by atoms with Gasteiger partial charge in [-0.1, -0.05) is 30.3 Å². The highest BCUT2D eigenvalue weighted by atomic mass is 35.5. The number of thioether (sulfide) groups is 1. The Morgan fingerprint density at radius 2 is 2.58 bits per heavy atom. The maximum atomic E-state index is 8.76. The standard InChI is InChI=1S/C7H10ClNOS2/c1-5(2-10)3-11-7-9-6(8)4-12-7/h4-5,10H,2-3H2,1H3. The quantitative estimate of drug-likeness (QED) is 0.797. The molecule has 0 aliphatic carbocycles. The second-order valence-electron chi connectivity index (χ2n) is 2.53. The van der Waals surface area contributed by atoms with Crippen molar-refractivity contribution >= 4 is 34.7 Å². The van der Waals surface area contributed by atoms with Crippen molar-refractivity contribution in [2.75, 3.05) is 12.4 Å². The van der Waals surface area contributed by atoms with Crippen molar-refractivity contribution in [3.05, 3.63) is 10.5 Å². The largest absolute Gasteiger partial charge is 0.396 e. The maximum Gasteiger partial charge on any atom is 0.151 e. The van der Waals surface area contributed by atoms with Crippen LogP contribution in [0, 0.1) is 5.92 Å². The molecule has 1 unspecified atom stereocenters. The topological polar surface area (TPSA) is 33.1 Å². The minimum Gasteiger partial charge on any atom is -0.396 e. The summed E-state index contributed by atoms with van der Waals surface area (Å²) in [6, 6.07) is 0. The number of aromatic nitrogens is 1. The zero-order valence-electron chi connectivity index (χ0n) is 6.66. The molecular formula is C7H10ClNOS2. The molecule has 2 nitrogen and oxygen atoms in total. The summed E-state index contributed by atoms with van der Waals surface area (Å²) in [5.74, 6) is 1.21. The van der Waals surface area contributed by atoms with Crippen molar-refractivity contribution in [1.82, 2.24) is 4.98 Å². The van der Waals surface area contributed by atoms with E-state index in [1.54, 1.807) is 23.1 Å². The van der Waals surface area contributed by atoms with E-state index in [0.29, 0.717) is 11.1 Å². The molecular weight excluding hydrogens is 214 g/mol. The van der Waals surface area contributed by atoms with Gasteiger partial charge in [-0.05, 0) is 5.92 Å². The number of aliphatic hydroxyl groups excluding tert-OH is 1. The number of hydrogen-bond donors (Lipinski definition) is 1. The first-order chi connectivity index (χ1) is 5.72. The lowest BCUT2D eigenvalue weighted by Gasteiger charge is -2.03. The number of hydrogen-bond acceptors (Lipinski definition) is 4. The van der Waals surface area contributed by atoms with E-state index in [0.717, 1.165) is 10.1 Å². The van der Waals surface area contributed by atoms with E-state index in [4.69, 9.17) is 16.7 Å². The fourth-order valence-corrected chi connectivity index (χ4v) is 2.61. The molecule has 0 saturated heterocycles. The van der Waals surface area contributed by atoms with Crippen LogP contribution in [0.3, 0.4) is 0 Å². The van der Waals surface area contributed by atoms with E-state index >= 15 is 0 Å². The Morgan fingerprint density at radius 3 is 3.08 bits per heavy atom. The van der Waals surface area contributed by atoms with Gasteiger partial charge in [0.15, 0.2) is 4.34 Å². The molecule has 68 valence electrons. The van der Waals surface area contributed by atoms with E-state index in [9.17, 15) is 0 Å². The van der Waals surface area contributed by atoms with Crippen LogP contribution >= 0.6 is 34.7 Å². The predicted molar refractivity (Wildman–Crippen MR) is 54.1 cm³/mol. The minimum absolute atomic E-state index is 0.228. The van der Waals surface area contributed by atoms with Crippen LogP contribution in [-0.2, 0) is 0 Å². The number of nitrogens with zero attached hydrogens (tertiary/aromatic N) is 1. The molecule has 1 aromatic rings. The second-order valence-corrected chi connectivity index (χ2v) is 5.05. The first kappa shape index (κ1) is 10.3. The van der Waals surface area contributed by atoms with Crippen molar-refractivity contribution in [2.24, 2.45) is 5.92 Å². The molecule has 0 aliphatic rings. The summed E-state index contributed by atoms with van der Waals surface area (Å²) >= 11 is 8.82. The number of rotatable bonds is 4. The Hall–Kier alpha value is 0.230. The molecule has 1 rings (SSSR count). The molecule has 0 amide bonds. The van der Waals surface area contributed by atoms with Crippen LogP contribution < -0.4 is 0 Å². The van der Waals surface area contributed by atoms with Crippen LogP contribution in [0.1, 0.15) is 6.92 Å². The third-order valence-corrected chi connectivity index (χ3v) is 3.93. The molecule has 1 atom stereocenters. The first-order valence-electron chi connectivity index (χ1n) is 3.57. The summed E-state index contributed by atoms with van der Waals surface area (Å²) in [5, 5.41) is 11.1. The Balaban J connectivity index is 2.33. The van der Waals surface area contributed by atoms with Crippen LogP contribution in [-0.4, -0.2) is 22.5 Å². The van der Waals surface area contributed by atoms with E-state index in [2.05, 4.69) is 4.98 Å². The smallest absolute Gasteiger partial charge is 0.151 e. The van der Waals surface area contributed by atoms with Crippen LogP contribution in [0.25, 0.3) is 0 Å². The molecule has 12 heavy (non-hydrogen) atoms. The van der Waals surface area contributed by atoms with Gasteiger partial charge in [-0.25, -0.2) is 4.98 Å². The summed E-state index contributed by atoms with van der Waals surface area (Å²) in [7, 11) is 0. The Morgan fingerprint density at radius 1 is 1.83 bits per heavy atom. The van der Waals surface area contributed by atoms with Crippen LogP contribution in [0.2, 0.25) is 5.15 Å². The molecule has 0 aromatic carbocycles. The number of aliphatic hydroxyl groups is 1. The average molecular weight is 224 g/mol. The van der Waals surface area contributed by atoms with Gasteiger partial charge in [0.2, 0.25) is 0 Å². The first-order valence-corrected chi connectivity index (χ1v) is 5.81. The van der Waals surface area contributed by atoms with E-state index in [-0.39, 0.29) is 6.61 Å². The van der Waals surface area contributed by atoms with Gasteiger partial charge < -0.3 is 5.11 Å². The molecule has 0 aliphatic heterocycles. The molecule has 0 bridgehead atoms. The summed E-state index contributed by atoms with van der Waals surface area (Å²) < 4.78 is 0.973. The lowest BCUT2D eigenvalue weighted by Crippen LogP contribution is -2.02. The third-order valence-electron chi connectivity index (χ3n) is 1.26. The van der Waals surface area contributed by atoms with Crippen molar-refractivity contribution in [2.45, 2.75) is 11.3 Å². The number of halogens is 1. The Bertz CT molecular complexity index is 241. The monoisotopic (exact) mass is 223 g/mol. The predicted octanol–water partition coefficient (Wildman–Crippen LogP) is 2.52. The van der Waals surface area contributed by atoms with Crippen molar-refractivity contribution < 1.29 is 5.11 Å². The third kappa shape index (κ3) is 3.31. The summed E-state index contributed by atoms with van der Waals surface area (Å²) in [5.41, 5.74) is 0. The molecule has 0 radical (unpaired) electrons. The van der Waals surface area contributed by atoms with Crippen molar-refractivity contribution in [3.63, 3.8) is 0 Å². The highest BCUT2D eigenvalue weighted by Crippen LogP contribution is 2.26. The van der Waals surface area contributed by atoms with Gasteiger partial charge in [-0.3, -0.25) is 0 Å². The number of thiazole rings is 1. The maximum absolute atomic E-state index is 8.76. The summed E-state index contributed by atoms with van der Waals surface area (Å²) in [4.78, 5) is 4.08. The molecule has 1 N–H and O–H groups in total. The zero-order valence-corrected chi connectivity index (χ0v) is 9.05. The highest BCUT2D eigenvalue weighted by Gasteiger charge is 2.04. The molecule has 5 heteroatoms. The van der Waals surface area contributed by atoms with Crippen molar-refractivity contribution in [1.29, 1.82) is 0 Å². The molecule has 0 saturated carbocycles. The minimum atomic E-state index is 0.228. The fourth-order valence-electron chi connectivity index (χ4n) is 0.571. The lowest BCUT2D eigenvalue weighted by molar-refractivity contribution is 0.250. The molecule has 1 aromatic heterocycles. The van der Waals surface area contributed by atoms with Gasteiger partial charge in [0.1, 0.15) is 5.15 Å². The van der Waals surface area contributed by atoms with Gasteiger partial charge >= 0.3 is 0 Å². The lowest BCUT2D eigenvalue weighted by atomic mass is 10.2. The van der Waals surface area contributed by atoms with E-state index in [1.807, 2.05) is 12.3 Å². The average Bonchev–Trinajstić information content (AvgIpc) is 2.47. The van der Waals surface area contributed by atoms with E-state index < -0.39 is 0 Å².